The summed E-state index contributed by atoms with van der Waals surface area (Å²) in [7, 11) is 0. The number of para-hydroxylation sites is 1. The summed E-state index contributed by atoms with van der Waals surface area (Å²) in [5, 5.41) is 10.5. The Bertz CT molecular complexity index is 1190. The highest BCUT2D eigenvalue weighted by Crippen LogP contribution is 2.25. The van der Waals surface area contributed by atoms with Crippen molar-refractivity contribution in [2.24, 2.45) is 0 Å². The van der Waals surface area contributed by atoms with Gasteiger partial charge in [0.15, 0.2) is 0 Å². The van der Waals surface area contributed by atoms with Crippen molar-refractivity contribution in [3.8, 4) is 5.75 Å². The number of nitrogens with zero attached hydrogens (tertiary/aromatic N) is 3. The molecule has 4 aromatic rings. The molecule has 2 heterocycles. The SMILES string of the molecule is O=C(c1cn(Cc2ccccc2)c2ccccc12)N1CCN(c2ccc(O)cc2)CC1. The standard InChI is InChI=1S/C26H25N3O2/c30-22-12-10-21(11-13-22)27-14-16-28(17-15-27)26(31)24-19-29(18-20-6-2-1-3-7-20)25-9-5-4-8-23(24)25/h1-13,19,30H,14-18H2. The van der Waals surface area contributed by atoms with Gasteiger partial charge in [-0.3, -0.25) is 4.79 Å². The number of aromatic hydroxyl groups is 1. The van der Waals surface area contributed by atoms with Crippen LogP contribution in [0.25, 0.3) is 10.9 Å². The van der Waals surface area contributed by atoms with Crippen LogP contribution in [0.2, 0.25) is 0 Å². The molecule has 0 saturated carbocycles. The van der Waals surface area contributed by atoms with Crippen LogP contribution in [0.15, 0.2) is 85.1 Å². The molecule has 156 valence electrons. The minimum absolute atomic E-state index is 0.0911. The maximum atomic E-state index is 13.4. The Kier molecular flexibility index (Phi) is 5.08. The van der Waals surface area contributed by atoms with Gasteiger partial charge < -0.3 is 19.5 Å². The summed E-state index contributed by atoms with van der Waals surface area (Å²) in [4.78, 5) is 17.6. The van der Waals surface area contributed by atoms with E-state index in [1.807, 2.05) is 59.6 Å². The van der Waals surface area contributed by atoms with Crippen molar-refractivity contribution in [3.05, 3.63) is 96.2 Å². The third kappa shape index (κ3) is 3.87. The molecule has 1 saturated heterocycles. The third-order valence-corrected chi connectivity index (χ3v) is 6.00. The Morgan fingerprint density at radius 2 is 1.48 bits per heavy atom. The Labute approximate surface area is 181 Å². The van der Waals surface area contributed by atoms with Crippen molar-refractivity contribution in [2.75, 3.05) is 31.1 Å². The zero-order valence-electron chi connectivity index (χ0n) is 17.3. The topological polar surface area (TPSA) is 48.7 Å². The summed E-state index contributed by atoms with van der Waals surface area (Å²) in [6, 6.07) is 25.7. The molecule has 0 unspecified atom stereocenters. The Hall–Kier alpha value is -3.73. The van der Waals surface area contributed by atoms with Gasteiger partial charge >= 0.3 is 0 Å². The van der Waals surface area contributed by atoms with Crippen LogP contribution in [0.3, 0.4) is 0 Å². The van der Waals surface area contributed by atoms with Crippen LogP contribution in [0.1, 0.15) is 15.9 Å². The van der Waals surface area contributed by atoms with Crippen LogP contribution < -0.4 is 4.90 Å². The van der Waals surface area contributed by atoms with E-state index in [0.717, 1.165) is 41.8 Å². The van der Waals surface area contributed by atoms with Crippen molar-refractivity contribution in [2.45, 2.75) is 6.54 Å². The number of phenolic OH excluding ortho intramolecular Hbond substituents is 1. The van der Waals surface area contributed by atoms with Crippen molar-refractivity contribution >= 4 is 22.5 Å². The Morgan fingerprint density at radius 1 is 0.806 bits per heavy atom. The molecular formula is C26H25N3O2. The molecule has 1 amide bonds. The van der Waals surface area contributed by atoms with E-state index in [1.54, 1.807) is 12.1 Å². The second-order valence-corrected chi connectivity index (χ2v) is 7.97. The molecule has 0 bridgehead atoms. The molecule has 1 fully saturated rings. The Morgan fingerprint density at radius 3 is 2.23 bits per heavy atom. The average Bonchev–Trinajstić information content (AvgIpc) is 3.18. The van der Waals surface area contributed by atoms with Gasteiger partial charge in [-0.15, -0.1) is 0 Å². The molecular weight excluding hydrogens is 386 g/mol. The van der Waals surface area contributed by atoms with Gasteiger partial charge in [-0.2, -0.15) is 0 Å². The van der Waals surface area contributed by atoms with Crippen LogP contribution in [0.4, 0.5) is 5.69 Å². The molecule has 0 atom stereocenters. The van der Waals surface area contributed by atoms with E-state index >= 15 is 0 Å². The number of hydrogen-bond donors (Lipinski definition) is 1. The smallest absolute Gasteiger partial charge is 0.256 e. The van der Waals surface area contributed by atoms with Gasteiger partial charge in [0, 0.05) is 55.5 Å². The van der Waals surface area contributed by atoms with Crippen LogP contribution in [0, 0.1) is 0 Å². The van der Waals surface area contributed by atoms with Gasteiger partial charge in [0.1, 0.15) is 5.75 Å². The number of phenols is 1. The first kappa shape index (κ1) is 19.2. The van der Waals surface area contributed by atoms with Gasteiger partial charge in [-0.05, 0) is 35.9 Å². The summed E-state index contributed by atoms with van der Waals surface area (Å²) in [5.74, 6) is 0.359. The molecule has 3 aromatic carbocycles. The number of amides is 1. The number of aromatic nitrogens is 1. The lowest BCUT2D eigenvalue weighted by molar-refractivity contribution is 0.0748. The first-order valence-corrected chi connectivity index (χ1v) is 10.6. The fourth-order valence-corrected chi connectivity index (χ4v) is 4.33. The lowest BCUT2D eigenvalue weighted by atomic mass is 10.1. The molecule has 1 aromatic heterocycles. The highest BCUT2D eigenvalue weighted by molar-refractivity contribution is 6.07. The molecule has 5 rings (SSSR count). The molecule has 1 aliphatic heterocycles. The van der Waals surface area contributed by atoms with Crippen molar-refractivity contribution < 1.29 is 9.90 Å². The monoisotopic (exact) mass is 411 g/mol. The predicted molar refractivity (Wildman–Crippen MR) is 124 cm³/mol. The van der Waals surface area contributed by atoms with E-state index in [-0.39, 0.29) is 11.7 Å². The fourth-order valence-electron chi connectivity index (χ4n) is 4.33. The number of benzene rings is 3. The highest BCUT2D eigenvalue weighted by Gasteiger charge is 2.25. The highest BCUT2D eigenvalue weighted by atomic mass is 16.3. The zero-order valence-corrected chi connectivity index (χ0v) is 17.3. The minimum Gasteiger partial charge on any atom is -0.508 e. The summed E-state index contributed by atoms with van der Waals surface area (Å²) < 4.78 is 2.17. The number of fused-ring (bicyclic) bond motifs is 1. The first-order valence-electron chi connectivity index (χ1n) is 10.6. The summed E-state index contributed by atoms with van der Waals surface area (Å²) in [6.07, 6.45) is 2.01. The second-order valence-electron chi connectivity index (χ2n) is 7.97. The molecule has 5 heteroatoms. The fraction of sp³-hybridized carbons (Fsp3) is 0.192. The van der Waals surface area contributed by atoms with Crippen LogP contribution >= 0.6 is 0 Å². The molecule has 0 spiro atoms. The first-order chi connectivity index (χ1) is 15.2. The summed E-state index contributed by atoms with van der Waals surface area (Å²) in [5.41, 5.74) is 4.14. The summed E-state index contributed by atoms with van der Waals surface area (Å²) >= 11 is 0. The normalized spacial score (nSPS) is 14.2. The van der Waals surface area contributed by atoms with Gasteiger partial charge in [-0.25, -0.2) is 0 Å². The molecule has 0 radical (unpaired) electrons. The number of rotatable bonds is 4. The minimum atomic E-state index is 0.0911. The molecule has 31 heavy (non-hydrogen) atoms. The van der Waals surface area contributed by atoms with E-state index in [2.05, 4.69) is 27.7 Å². The van der Waals surface area contributed by atoms with Crippen LogP contribution in [-0.4, -0.2) is 46.7 Å². The largest absolute Gasteiger partial charge is 0.508 e. The Balaban J connectivity index is 1.36. The van der Waals surface area contributed by atoms with Crippen molar-refractivity contribution in [1.29, 1.82) is 0 Å². The summed E-state index contributed by atoms with van der Waals surface area (Å²) in [6.45, 7) is 3.65. The maximum Gasteiger partial charge on any atom is 0.256 e. The van der Waals surface area contributed by atoms with Gasteiger partial charge in [-0.1, -0.05) is 48.5 Å². The predicted octanol–water partition coefficient (Wildman–Crippen LogP) is 4.36. The maximum absolute atomic E-state index is 13.4. The number of piperazine rings is 1. The van der Waals surface area contributed by atoms with Gasteiger partial charge in [0.25, 0.3) is 5.91 Å². The lowest BCUT2D eigenvalue weighted by Crippen LogP contribution is -2.48. The number of carbonyl (C=O) groups excluding carboxylic acids is 1. The van der Waals surface area contributed by atoms with Crippen LogP contribution in [0.5, 0.6) is 5.75 Å². The quantitative estimate of drug-likeness (QED) is 0.543. The third-order valence-electron chi connectivity index (χ3n) is 6.00. The van der Waals surface area contributed by atoms with E-state index in [0.29, 0.717) is 13.1 Å². The second kappa shape index (κ2) is 8.19. The van der Waals surface area contributed by atoms with E-state index in [1.165, 1.54) is 5.56 Å². The molecule has 0 aliphatic carbocycles. The van der Waals surface area contributed by atoms with E-state index < -0.39 is 0 Å². The average molecular weight is 412 g/mol. The van der Waals surface area contributed by atoms with E-state index in [9.17, 15) is 9.90 Å². The van der Waals surface area contributed by atoms with Gasteiger partial charge in [0.2, 0.25) is 0 Å². The molecule has 5 nitrogen and oxygen atoms in total. The lowest BCUT2D eigenvalue weighted by Gasteiger charge is -2.36. The van der Waals surface area contributed by atoms with E-state index in [4.69, 9.17) is 0 Å². The zero-order chi connectivity index (χ0) is 21.2. The number of carbonyl (C=O) groups is 1. The number of anilines is 1. The van der Waals surface area contributed by atoms with Crippen molar-refractivity contribution in [3.63, 3.8) is 0 Å². The van der Waals surface area contributed by atoms with Gasteiger partial charge in [0.05, 0.1) is 5.56 Å². The molecule has 1 N–H and O–H groups in total. The number of hydrogen-bond acceptors (Lipinski definition) is 3. The van der Waals surface area contributed by atoms with Crippen LogP contribution in [-0.2, 0) is 6.54 Å². The molecule has 1 aliphatic rings. The van der Waals surface area contributed by atoms with Crippen molar-refractivity contribution in [1.82, 2.24) is 9.47 Å².